The number of likely N-dealkylation sites (tertiary alicyclic amines) is 1. The van der Waals surface area contributed by atoms with Crippen LogP contribution in [0.2, 0.25) is 0 Å². The van der Waals surface area contributed by atoms with E-state index in [4.69, 9.17) is 0 Å². The van der Waals surface area contributed by atoms with Crippen molar-refractivity contribution in [3.8, 4) is 0 Å². The van der Waals surface area contributed by atoms with E-state index in [-0.39, 0.29) is 0 Å². The molecule has 0 saturated carbocycles. The summed E-state index contributed by atoms with van der Waals surface area (Å²) in [5.41, 5.74) is 0. The summed E-state index contributed by atoms with van der Waals surface area (Å²) in [5.74, 6) is 1.81. The van der Waals surface area contributed by atoms with Crippen LogP contribution in [0, 0.1) is 11.8 Å². The first-order valence-corrected chi connectivity index (χ1v) is 6.26. The summed E-state index contributed by atoms with van der Waals surface area (Å²) in [6.07, 6.45) is 4.30. The minimum absolute atomic E-state index is 0.381. The van der Waals surface area contributed by atoms with Gasteiger partial charge in [-0.1, -0.05) is 6.92 Å². The van der Waals surface area contributed by atoms with Crippen molar-refractivity contribution in [1.82, 2.24) is 10.2 Å². The van der Waals surface area contributed by atoms with Crippen LogP contribution in [-0.2, 0) is 4.79 Å². The molecule has 1 amide bonds. The molecule has 0 radical (unpaired) electrons. The third-order valence-corrected chi connectivity index (χ3v) is 3.84. The molecule has 86 valence electrons. The average Bonchev–Trinajstić information content (AvgIpc) is 2.24. The number of nitrogens with zero attached hydrogens (tertiary/aromatic N) is 1. The highest BCUT2D eigenvalue weighted by atomic mass is 16.2. The van der Waals surface area contributed by atoms with Gasteiger partial charge >= 0.3 is 0 Å². The second-order valence-corrected chi connectivity index (χ2v) is 5.03. The first-order valence-electron chi connectivity index (χ1n) is 6.26. The molecule has 0 aliphatic carbocycles. The first kappa shape index (κ1) is 10.9. The number of carbonyl (C=O) groups excluding carboxylic acids is 1. The maximum Gasteiger partial charge on any atom is 0.222 e. The van der Waals surface area contributed by atoms with E-state index in [1.165, 1.54) is 12.8 Å². The van der Waals surface area contributed by atoms with Crippen molar-refractivity contribution >= 4 is 5.91 Å². The summed E-state index contributed by atoms with van der Waals surface area (Å²) in [6.45, 7) is 6.53. The zero-order chi connectivity index (χ0) is 10.7. The van der Waals surface area contributed by atoms with Crippen LogP contribution in [0.15, 0.2) is 0 Å². The van der Waals surface area contributed by atoms with Crippen molar-refractivity contribution in [3.05, 3.63) is 0 Å². The number of hydrogen-bond donors (Lipinski definition) is 1. The van der Waals surface area contributed by atoms with Crippen LogP contribution >= 0.6 is 0 Å². The van der Waals surface area contributed by atoms with Gasteiger partial charge in [-0.25, -0.2) is 0 Å². The van der Waals surface area contributed by atoms with Crippen LogP contribution < -0.4 is 5.32 Å². The quantitative estimate of drug-likeness (QED) is 0.744. The monoisotopic (exact) mass is 210 g/mol. The fraction of sp³-hybridized carbons (Fsp3) is 0.917. The summed E-state index contributed by atoms with van der Waals surface area (Å²) in [7, 11) is 0. The Morgan fingerprint density at radius 2 is 2.33 bits per heavy atom. The molecule has 2 aliphatic rings. The minimum Gasteiger partial charge on any atom is -0.342 e. The van der Waals surface area contributed by atoms with Crippen LogP contribution in [0.25, 0.3) is 0 Å². The van der Waals surface area contributed by atoms with Gasteiger partial charge in [0.2, 0.25) is 5.91 Å². The van der Waals surface area contributed by atoms with Crippen LogP contribution in [0.1, 0.15) is 32.6 Å². The predicted molar refractivity (Wildman–Crippen MR) is 60.6 cm³/mol. The summed E-state index contributed by atoms with van der Waals surface area (Å²) < 4.78 is 0. The van der Waals surface area contributed by atoms with Crippen molar-refractivity contribution in [2.45, 2.75) is 32.6 Å². The highest BCUT2D eigenvalue weighted by Crippen LogP contribution is 2.22. The predicted octanol–water partition coefficient (Wildman–Crippen LogP) is 1.24. The highest BCUT2D eigenvalue weighted by Gasteiger charge is 2.26. The molecule has 0 aromatic carbocycles. The zero-order valence-electron chi connectivity index (χ0n) is 9.67. The summed E-state index contributed by atoms with van der Waals surface area (Å²) in [5, 5.41) is 3.41. The lowest BCUT2D eigenvalue weighted by atomic mass is 9.87. The molecule has 0 aromatic rings. The molecule has 1 N–H and O–H groups in total. The van der Waals surface area contributed by atoms with Gasteiger partial charge in [0, 0.05) is 19.5 Å². The molecule has 2 rings (SSSR count). The Labute approximate surface area is 92.2 Å². The number of piperidine rings is 2. The standard InChI is InChI=1S/C12H22N2O/c1-10-8-13-6-5-11(10)9-14-7-3-2-4-12(14)15/h10-11,13H,2-9H2,1H3. The number of rotatable bonds is 2. The van der Waals surface area contributed by atoms with Gasteiger partial charge < -0.3 is 10.2 Å². The van der Waals surface area contributed by atoms with Crippen molar-refractivity contribution in [1.29, 1.82) is 0 Å². The van der Waals surface area contributed by atoms with Crippen LogP contribution in [0.5, 0.6) is 0 Å². The van der Waals surface area contributed by atoms with Gasteiger partial charge in [0.15, 0.2) is 0 Å². The number of carbonyl (C=O) groups is 1. The third kappa shape index (κ3) is 2.71. The minimum atomic E-state index is 0.381. The molecular weight excluding hydrogens is 188 g/mol. The van der Waals surface area contributed by atoms with E-state index in [1.54, 1.807) is 0 Å². The molecule has 2 saturated heterocycles. The third-order valence-electron chi connectivity index (χ3n) is 3.84. The van der Waals surface area contributed by atoms with E-state index in [0.29, 0.717) is 17.7 Å². The smallest absolute Gasteiger partial charge is 0.222 e. The van der Waals surface area contributed by atoms with Gasteiger partial charge in [-0.2, -0.15) is 0 Å². The SMILES string of the molecule is CC1CNCCC1CN1CCCCC1=O. The maximum atomic E-state index is 11.7. The first-order chi connectivity index (χ1) is 7.27. The Hall–Kier alpha value is -0.570. The Balaban J connectivity index is 1.86. The van der Waals surface area contributed by atoms with Crippen molar-refractivity contribution in [2.75, 3.05) is 26.2 Å². The largest absolute Gasteiger partial charge is 0.342 e. The van der Waals surface area contributed by atoms with E-state index < -0.39 is 0 Å². The lowest BCUT2D eigenvalue weighted by molar-refractivity contribution is -0.134. The Bertz CT molecular complexity index is 230. The molecule has 0 spiro atoms. The lowest BCUT2D eigenvalue weighted by Crippen LogP contribution is -2.44. The molecule has 3 heteroatoms. The van der Waals surface area contributed by atoms with E-state index in [1.807, 2.05) is 0 Å². The molecule has 0 aromatic heterocycles. The van der Waals surface area contributed by atoms with E-state index in [9.17, 15) is 4.79 Å². The Kier molecular flexibility index (Phi) is 3.62. The molecule has 2 fully saturated rings. The second-order valence-electron chi connectivity index (χ2n) is 5.03. The average molecular weight is 210 g/mol. The molecule has 2 heterocycles. The van der Waals surface area contributed by atoms with Gasteiger partial charge in [-0.15, -0.1) is 0 Å². The molecule has 2 aliphatic heterocycles. The van der Waals surface area contributed by atoms with Gasteiger partial charge in [-0.05, 0) is 44.2 Å². The van der Waals surface area contributed by atoms with Crippen LogP contribution in [-0.4, -0.2) is 37.0 Å². The van der Waals surface area contributed by atoms with E-state index in [2.05, 4.69) is 17.1 Å². The second kappa shape index (κ2) is 4.97. The maximum absolute atomic E-state index is 11.7. The van der Waals surface area contributed by atoms with E-state index in [0.717, 1.165) is 39.0 Å². The highest BCUT2D eigenvalue weighted by molar-refractivity contribution is 5.76. The van der Waals surface area contributed by atoms with Crippen molar-refractivity contribution in [3.63, 3.8) is 0 Å². The molecule has 2 unspecified atom stereocenters. The van der Waals surface area contributed by atoms with Gasteiger partial charge in [-0.3, -0.25) is 4.79 Å². The lowest BCUT2D eigenvalue weighted by Gasteiger charge is -2.35. The fourth-order valence-electron chi connectivity index (χ4n) is 2.68. The van der Waals surface area contributed by atoms with E-state index >= 15 is 0 Å². The van der Waals surface area contributed by atoms with Gasteiger partial charge in [0.1, 0.15) is 0 Å². The molecular formula is C12H22N2O. The number of amides is 1. The van der Waals surface area contributed by atoms with Gasteiger partial charge in [0.05, 0.1) is 0 Å². The summed E-state index contributed by atoms with van der Waals surface area (Å²) in [6, 6.07) is 0. The van der Waals surface area contributed by atoms with Gasteiger partial charge in [0.25, 0.3) is 0 Å². The molecule has 15 heavy (non-hydrogen) atoms. The van der Waals surface area contributed by atoms with Crippen molar-refractivity contribution < 1.29 is 4.79 Å². The number of nitrogens with one attached hydrogen (secondary N) is 1. The van der Waals surface area contributed by atoms with Crippen molar-refractivity contribution in [2.24, 2.45) is 11.8 Å². The summed E-state index contributed by atoms with van der Waals surface area (Å²) >= 11 is 0. The fourth-order valence-corrected chi connectivity index (χ4v) is 2.68. The zero-order valence-corrected chi connectivity index (χ0v) is 9.67. The summed E-state index contributed by atoms with van der Waals surface area (Å²) in [4.78, 5) is 13.8. The topological polar surface area (TPSA) is 32.3 Å². The molecule has 2 atom stereocenters. The molecule has 3 nitrogen and oxygen atoms in total. The Morgan fingerprint density at radius 3 is 3.07 bits per heavy atom. The Morgan fingerprint density at radius 1 is 1.47 bits per heavy atom. The number of hydrogen-bond acceptors (Lipinski definition) is 2. The van der Waals surface area contributed by atoms with Crippen LogP contribution in [0.3, 0.4) is 0 Å². The normalized spacial score (nSPS) is 33.1. The molecule has 0 bridgehead atoms. The van der Waals surface area contributed by atoms with Crippen LogP contribution in [0.4, 0.5) is 0 Å².